The molecule has 0 bridgehead atoms. The summed E-state index contributed by atoms with van der Waals surface area (Å²) in [6, 6.07) is 0. The summed E-state index contributed by atoms with van der Waals surface area (Å²) in [5.74, 6) is 1.25. The molecule has 0 aliphatic heterocycles. The smallest absolute Gasteiger partial charge is 0.229 e. The first kappa shape index (κ1) is 16.9. The third-order valence-corrected chi connectivity index (χ3v) is 2.17. The zero-order chi connectivity index (χ0) is 12.2. The van der Waals surface area contributed by atoms with Crippen LogP contribution in [0.2, 0.25) is 0 Å². The molecule has 0 unspecified atom stereocenters. The molecule has 2 nitrogen and oxygen atoms in total. The third kappa shape index (κ3) is 24.7. The SMILES string of the molecule is CCCCCCCCC(C)(C)N.[B]C#N. The predicted molar refractivity (Wildman–Crippen MR) is 67.6 cm³/mol. The van der Waals surface area contributed by atoms with Crippen molar-refractivity contribution in [3.8, 4) is 5.97 Å². The summed E-state index contributed by atoms with van der Waals surface area (Å²) in [7, 11) is 4.15. The van der Waals surface area contributed by atoms with Gasteiger partial charge in [-0.25, -0.2) is 5.26 Å². The molecule has 0 aromatic carbocycles. The Bertz CT molecular complexity index is 156. The highest BCUT2D eigenvalue weighted by molar-refractivity contribution is 6.20. The van der Waals surface area contributed by atoms with Crippen LogP contribution in [0, 0.1) is 11.2 Å². The van der Waals surface area contributed by atoms with E-state index in [1.165, 1.54) is 50.9 Å². The lowest BCUT2D eigenvalue weighted by Crippen LogP contribution is -2.31. The van der Waals surface area contributed by atoms with Crippen LogP contribution in [0.25, 0.3) is 0 Å². The van der Waals surface area contributed by atoms with Crippen molar-refractivity contribution in [1.82, 2.24) is 0 Å². The molecule has 3 heteroatoms. The van der Waals surface area contributed by atoms with Gasteiger partial charge in [0.15, 0.2) is 0 Å². The van der Waals surface area contributed by atoms with Gasteiger partial charge in [-0.3, -0.25) is 0 Å². The zero-order valence-corrected chi connectivity index (χ0v) is 10.6. The van der Waals surface area contributed by atoms with Crippen molar-refractivity contribution in [3.63, 3.8) is 0 Å². The van der Waals surface area contributed by atoms with Crippen LogP contribution in [0.15, 0.2) is 0 Å². The predicted octanol–water partition coefficient (Wildman–Crippen LogP) is 3.11. The average Bonchev–Trinajstić information content (AvgIpc) is 2.11. The molecule has 0 aromatic rings. The molecule has 0 fully saturated rings. The van der Waals surface area contributed by atoms with E-state index >= 15 is 0 Å². The number of hydrogen-bond acceptors (Lipinski definition) is 2. The molecule has 0 atom stereocenters. The minimum Gasteiger partial charge on any atom is -0.326 e. The standard InChI is InChI=1S/C11H25N.CBN/c1-4-5-6-7-8-9-10-11(2,3)12;2-1-3/h4-10,12H2,1-3H3;. The Morgan fingerprint density at radius 1 is 1.13 bits per heavy atom. The van der Waals surface area contributed by atoms with E-state index in [1.54, 1.807) is 0 Å². The molecule has 2 radical (unpaired) electrons. The van der Waals surface area contributed by atoms with Crippen molar-refractivity contribution in [2.24, 2.45) is 5.73 Å². The Hall–Kier alpha value is -0.485. The van der Waals surface area contributed by atoms with Crippen molar-refractivity contribution in [2.75, 3.05) is 0 Å². The first-order valence-electron chi connectivity index (χ1n) is 5.86. The summed E-state index contributed by atoms with van der Waals surface area (Å²) in [5, 5.41) is 7.10. The highest BCUT2D eigenvalue weighted by atomic mass is 14.7. The number of rotatable bonds is 7. The van der Waals surface area contributed by atoms with Crippen molar-refractivity contribution >= 4 is 7.85 Å². The van der Waals surface area contributed by atoms with Gasteiger partial charge in [0.2, 0.25) is 7.85 Å². The van der Waals surface area contributed by atoms with Crippen molar-refractivity contribution in [1.29, 1.82) is 5.26 Å². The molecular weight excluding hydrogens is 183 g/mol. The number of nitriles is 1. The number of unbranched alkanes of at least 4 members (excludes halogenated alkanes) is 5. The molecule has 86 valence electrons. The molecule has 0 rings (SSSR count). The molecule has 0 aromatic heterocycles. The Kier molecular flexibility index (Phi) is 13.1. The number of nitrogens with two attached hydrogens (primary N) is 1. The van der Waals surface area contributed by atoms with E-state index in [9.17, 15) is 0 Å². The zero-order valence-electron chi connectivity index (χ0n) is 10.6. The van der Waals surface area contributed by atoms with E-state index in [0.29, 0.717) is 0 Å². The fourth-order valence-corrected chi connectivity index (χ4v) is 1.36. The summed E-state index contributed by atoms with van der Waals surface area (Å²) < 4.78 is 0. The molecule has 15 heavy (non-hydrogen) atoms. The first-order valence-corrected chi connectivity index (χ1v) is 5.86. The summed E-state index contributed by atoms with van der Waals surface area (Å²) in [5.41, 5.74) is 5.92. The van der Waals surface area contributed by atoms with Crippen LogP contribution in [-0.2, 0) is 0 Å². The van der Waals surface area contributed by atoms with E-state index in [1.807, 2.05) is 0 Å². The average molecular weight is 208 g/mol. The maximum absolute atomic E-state index is 7.10. The fourth-order valence-electron chi connectivity index (χ4n) is 1.36. The Labute approximate surface area is 96.6 Å². The van der Waals surface area contributed by atoms with Gasteiger partial charge in [0, 0.05) is 5.54 Å². The van der Waals surface area contributed by atoms with Gasteiger partial charge in [-0.05, 0) is 26.2 Å². The molecule has 0 amide bonds. The van der Waals surface area contributed by atoms with Gasteiger partial charge in [-0.15, -0.1) is 0 Å². The van der Waals surface area contributed by atoms with Crippen LogP contribution < -0.4 is 5.73 Å². The van der Waals surface area contributed by atoms with Crippen molar-refractivity contribution in [2.45, 2.75) is 71.3 Å². The van der Waals surface area contributed by atoms with Crippen LogP contribution in [0.1, 0.15) is 65.7 Å². The lowest BCUT2D eigenvalue weighted by molar-refractivity contribution is 0.441. The molecule has 0 saturated carbocycles. The normalized spacial score (nSPS) is 10.1. The fraction of sp³-hybridized carbons (Fsp3) is 0.917. The topological polar surface area (TPSA) is 49.8 Å². The van der Waals surface area contributed by atoms with Crippen molar-refractivity contribution in [3.05, 3.63) is 0 Å². The van der Waals surface area contributed by atoms with E-state index in [-0.39, 0.29) is 5.54 Å². The largest absolute Gasteiger partial charge is 0.326 e. The second-order valence-electron chi connectivity index (χ2n) is 4.64. The van der Waals surface area contributed by atoms with E-state index < -0.39 is 0 Å². The summed E-state index contributed by atoms with van der Waals surface area (Å²) in [6.45, 7) is 6.47. The lowest BCUT2D eigenvalue weighted by Gasteiger charge is -2.17. The molecule has 0 aliphatic carbocycles. The quantitative estimate of drug-likeness (QED) is 0.516. The molecular formula is C12H25BN2. The molecule has 0 heterocycles. The van der Waals surface area contributed by atoms with Gasteiger partial charge in [-0.2, -0.15) is 0 Å². The Balaban J connectivity index is 0. The summed E-state index contributed by atoms with van der Waals surface area (Å²) in [4.78, 5) is 0. The molecule has 0 aliphatic rings. The summed E-state index contributed by atoms with van der Waals surface area (Å²) in [6.07, 6.45) is 9.35. The van der Waals surface area contributed by atoms with E-state index in [0.717, 1.165) is 0 Å². The van der Waals surface area contributed by atoms with Gasteiger partial charge >= 0.3 is 0 Å². The van der Waals surface area contributed by atoms with Crippen LogP contribution in [0.3, 0.4) is 0 Å². The highest BCUT2D eigenvalue weighted by Crippen LogP contribution is 2.12. The van der Waals surface area contributed by atoms with Gasteiger partial charge in [0.25, 0.3) is 0 Å². The minimum atomic E-state index is 0.0464. The Morgan fingerprint density at radius 2 is 1.53 bits per heavy atom. The maximum atomic E-state index is 7.10. The van der Waals surface area contributed by atoms with E-state index in [2.05, 4.69) is 28.6 Å². The number of nitrogens with zero attached hydrogens (tertiary/aromatic N) is 1. The van der Waals surface area contributed by atoms with Gasteiger partial charge in [0.05, 0.1) is 0 Å². The lowest BCUT2D eigenvalue weighted by atomic mass is 9.97. The highest BCUT2D eigenvalue weighted by Gasteiger charge is 2.08. The van der Waals surface area contributed by atoms with Gasteiger partial charge < -0.3 is 5.73 Å². The third-order valence-electron chi connectivity index (χ3n) is 2.17. The van der Waals surface area contributed by atoms with Crippen LogP contribution in [0.5, 0.6) is 0 Å². The minimum absolute atomic E-state index is 0.0464. The second kappa shape index (κ2) is 11.6. The van der Waals surface area contributed by atoms with Crippen LogP contribution in [0.4, 0.5) is 0 Å². The molecule has 0 saturated heterocycles. The van der Waals surface area contributed by atoms with Crippen LogP contribution in [-0.4, -0.2) is 13.4 Å². The van der Waals surface area contributed by atoms with E-state index in [4.69, 9.17) is 11.0 Å². The maximum Gasteiger partial charge on any atom is 0.229 e. The monoisotopic (exact) mass is 208 g/mol. The van der Waals surface area contributed by atoms with Crippen molar-refractivity contribution < 1.29 is 0 Å². The summed E-state index contributed by atoms with van der Waals surface area (Å²) >= 11 is 0. The number of hydrogen-bond donors (Lipinski definition) is 1. The Morgan fingerprint density at radius 3 is 1.93 bits per heavy atom. The molecule has 2 N–H and O–H groups in total. The second-order valence-corrected chi connectivity index (χ2v) is 4.64. The van der Waals surface area contributed by atoms with Crippen LogP contribution >= 0.6 is 0 Å². The van der Waals surface area contributed by atoms with Gasteiger partial charge in [0.1, 0.15) is 0 Å². The first-order chi connectivity index (χ1) is 6.97. The van der Waals surface area contributed by atoms with Gasteiger partial charge in [-0.1, -0.05) is 45.4 Å². The molecule has 0 spiro atoms.